The van der Waals surface area contributed by atoms with Gasteiger partial charge >= 0.3 is 6.18 Å². The summed E-state index contributed by atoms with van der Waals surface area (Å²) in [5.74, 6) is -0.580. The molecule has 20 heavy (non-hydrogen) atoms. The Morgan fingerprint density at radius 1 is 1.20 bits per heavy atom. The SMILES string of the molecule is Nc1ccc(CS(=O)(=O)N(CCO)CC(F)(F)F)cc1. The highest BCUT2D eigenvalue weighted by Gasteiger charge is 2.35. The van der Waals surface area contributed by atoms with Crippen molar-refractivity contribution in [3.8, 4) is 0 Å². The van der Waals surface area contributed by atoms with Crippen LogP contribution in [0.4, 0.5) is 18.9 Å². The van der Waals surface area contributed by atoms with Gasteiger partial charge < -0.3 is 10.8 Å². The monoisotopic (exact) mass is 312 g/mol. The minimum Gasteiger partial charge on any atom is -0.399 e. The highest BCUT2D eigenvalue weighted by molar-refractivity contribution is 7.88. The van der Waals surface area contributed by atoms with Gasteiger partial charge in [-0.2, -0.15) is 17.5 Å². The molecule has 1 aromatic carbocycles. The van der Waals surface area contributed by atoms with Gasteiger partial charge in [-0.15, -0.1) is 0 Å². The molecule has 0 aliphatic rings. The van der Waals surface area contributed by atoms with Gasteiger partial charge in [0.1, 0.15) is 6.54 Å². The molecule has 0 spiro atoms. The number of aliphatic hydroxyl groups is 1. The topological polar surface area (TPSA) is 83.6 Å². The summed E-state index contributed by atoms with van der Waals surface area (Å²) >= 11 is 0. The number of aliphatic hydroxyl groups excluding tert-OH is 1. The largest absolute Gasteiger partial charge is 0.402 e. The number of nitrogens with two attached hydrogens (primary N) is 1. The van der Waals surface area contributed by atoms with Gasteiger partial charge in [0.25, 0.3) is 0 Å². The molecule has 0 radical (unpaired) electrons. The molecular weight excluding hydrogens is 297 g/mol. The number of nitrogen functional groups attached to an aromatic ring is 1. The summed E-state index contributed by atoms with van der Waals surface area (Å²) in [7, 11) is -4.17. The quantitative estimate of drug-likeness (QED) is 0.766. The number of nitrogens with zero attached hydrogens (tertiary/aromatic N) is 1. The second kappa shape index (κ2) is 6.42. The predicted molar refractivity (Wildman–Crippen MR) is 68.2 cm³/mol. The fourth-order valence-corrected chi connectivity index (χ4v) is 3.04. The zero-order valence-corrected chi connectivity index (χ0v) is 11.3. The van der Waals surface area contributed by atoms with E-state index in [9.17, 15) is 21.6 Å². The first-order valence-electron chi connectivity index (χ1n) is 5.64. The molecule has 0 aliphatic heterocycles. The first-order chi connectivity index (χ1) is 9.14. The van der Waals surface area contributed by atoms with Gasteiger partial charge in [-0.05, 0) is 17.7 Å². The van der Waals surface area contributed by atoms with E-state index in [2.05, 4.69) is 0 Å². The van der Waals surface area contributed by atoms with Crippen molar-refractivity contribution in [2.45, 2.75) is 11.9 Å². The molecule has 0 aliphatic carbocycles. The lowest BCUT2D eigenvalue weighted by atomic mass is 10.2. The molecule has 0 bridgehead atoms. The molecule has 9 heteroatoms. The first-order valence-corrected chi connectivity index (χ1v) is 7.25. The molecule has 0 aromatic heterocycles. The molecule has 5 nitrogen and oxygen atoms in total. The number of anilines is 1. The summed E-state index contributed by atoms with van der Waals surface area (Å²) < 4.78 is 61.1. The normalized spacial score (nSPS) is 12.8. The third kappa shape index (κ3) is 5.35. The molecular formula is C11H15F3N2O3S. The fourth-order valence-electron chi connectivity index (χ4n) is 1.54. The van der Waals surface area contributed by atoms with Crippen LogP contribution < -0.4 is 5.73 Å². The Labute approximate surface area is 114 Å². The lowest BCUT2D eigenvalue weighted by Crippen LogP contribution is -2.41. The number of sulfonamides is 1. The van der Waals surface area contributed by atoms with Crippen LogP contribution in [-0.2, 0) is 15.8 Å². The highest BCUT2D eigenvalue weighted by atomic mass is 32.2. The van der Waals surface area contributed by atoms with Gasteiger partial charge in [0, 0.05) is 12.2 Å². The van der Waals surface area contributed by atoms with Crippen LogP contribution >= 0.6 is 0 Å². The van der Waals surface area contributed by atoms with Crippen LogP contribution in [0.2, 0.25) is 0 Å². The van der Waals surface area contributed by atoms with E-state index in [4.69, 9.17) is 10.8 Å². The van der Waals surface area contributed by atoms with Crippen molar-refractivity contribution in [1.82, 2.24) is 4.31 Å². The number of hydrogen-bond donors (Lipinski definition) is 2. The number of alkyl halides is 3. The van der Waals surface area contributed by atoms with E-state index >= 15 is 0 Å². The van der Waals surface area contributed by atoms with Gasteiger partial charge in [0.2, 0.25) is 10.0 Å². The van der Waals surface area contributed by atoms with Crippen molar-refractivity contribution in [1.29, 1.82) is 0 Å². The Hall–Kier alpha value is -1.32. The number of halogens is 3. The maximum absolute atomic E-state index is 12.3. The van der Waals surface area contributed by atoms with Crippen LogP contribution in [0.5, 0.6) is 0 Å². The third-order valence-corrected chi connectivity index (χ3v) is 4.22. The van der Waals surface area contributed by atoms with Crippen LogP contribution in [0.25, 0.3) is 0 Å². The highest BCUT2D eigenvalue weighted by Crippen LogP contribution is 2.20. The zero-order chi connectivity index (χ0) is 15.4. The van der Waals surface area contributed by atoms with E-state index in [1.807, 2.05) is 0 Å². The molecule has 1 aromatic rings. The van der Waals surface area contributed by atoms with Crippen molar-refractivity contribution in [2.24, 2.45) is 0 Å². The molecule has 0 saturated carbocycles. The maximum atomic E-state index is 12.3. The van der Waals surface area contributed by atoms with E-state index in [0.717, 1.165) is 0 Å². The molecule has 114 valence electrons. The summed E-state index contributed by atoms with van der Waals surface area (Å²) in [5.41, 5.74) is 6.19. The zero-order valence-electron chi connectivity index (χ0n) is 10.5. The lowest BCUT2D eigenvalue weighted by Gasteiger charge is -2.22. The maximum Gasteiger partial charge on any atom is 0.402 e. The number of rotatable bonds is 6. The van der Waals surface area contributed by atoms with Crippen LogP contribution in [0.3, 0.4) is 0 Å². The minimum absolute atomic E-state index is 0.226. The summed E-state index contributed by atoms with van der Waals surface area (Å²) in [6.45, 7) is -2.90. The molecule has 0 amide bonds. The van der Waals surface area contributed by atoms with Crippen molar-refractivity contribution < 1.29 is 26.7 Å². The second-order valence-electron chi connectivity index (χ2n) is 4.17. The standard InChI is InChI=1S/C11H15F3N2O3S/c12-11(13,14)8-16(5-6-17)20(18,19)7-9-1-3-10(15)4-2-9/h1-4,17H,5-8,15H2. The Morgan fingerprint density at radius 3 is 2.20 bits per heavy atom. The van der Waals surface area contributed by atoms with E-state index in [-0.39, 0.29) is 4.31 Å². The van der Waals surface area contributed by atoms with E-state index < -0.39 is 41.6 Å². The van der Waals surface area contributed by atoms with Crippen molar-refractivity contribution >= 4 is 15.7 Å². The predicted octanol–water partition coefficient (Wildman–Crippen LogP) is 0.955. The third-order valence-electron chi connectivity index (χ3n) is 2.43. The van der Waals surface area contributed by atoms with Gasteiger partial charge in [-0.3, -0.25) is 0 Å². The van der Waals surface area contributed by atoms with E-state index in [0.29, 0.717) is 11.3 Å². The Balaban J connectivity index is 2.90. The Morgan fingerprint density at radius 2 is 1.75 bits per heavy atom. The molecule has 0 fully saturated rings. The fraction of sp³-hybridized carbons (Fsp3) is 0.455. The van der Waals surface area contributed by atoms with Crippen molar-refractivity contribution in [3.05, 3.63) is 29.8 Å². The Bertz CT molecular complexity index is 529. The van der Waals surface area contributed by atoms with Gasteiger partial charge in [0.15, 0.2) is 0 Å². The van der Waals surface area contributed by atoms with Crippen LogP contribution in [0, 0.1) is 0 Å². The minimum atomic E-state index is -4.66. The van der Waals surface area contributed by atoms with E-state index in [1.54, 1.807) is 0 Å². The van der Waals surface area contributed by atoms with Gasteiger partial charge in [0.05, 0.1) is 12.4 Å². The average molecular weight is 312 g/mol. The average Bonchev–Trinajstić information content (AvgIpc) is 2.30. The van der Waals surface area contributed by atoms with Gasteiger partial charge in [-0.25, -0.2) is 8.42 Å². The van der Waals surface area contributed by atoms with Crippen molar-refractivity contribution in [3.63, 3.8) is 0 Å². The summed E-state index contributed by atoms with van der Waals surface area (Å²) in [5, 5.41) is 8.71. The first kappa shape index (κ1) is 16.7. The van der Waals surface area contributed by atoms with E-state index in [1.165, 1.54) is 24.3 Å². The second-order valence-corrected chi connectivity index (χ2v) is 6.14. The molecule has 0 saturated heterocycles. The van der Waals surface area contributed by atoms with Crippen molar-refractivity contribution in [2.75, 3.05) is 25.4 Å². The summed E-state index contributed by atoms with van der Waals surface area (Å²) in [4.78, 5) is 0. The molecule has 0 heterocycles. The molecule has 1 rings (SSSR count). The Kier molecular flexibility index (Phi) is 5.37. The smallest absolute Gasteiger partial charge is 0.399 e. The number of hydrogen-bond acceptors (Lipinski definition) is 4. The van der Waals surface area contributed by atoms with Gasteiger partial charge in [-0.1, -0.05) is 12.1 Å². The molecule has 0 unspecified atom stereocenters. The van der Waals surface area contributed by atoms with Crippen LogP contribution in [0.1, 0.15) is 5.56 Å². The summed E-state index contributed by atoms with van der Waals surface area (Å²) in [6.07, 6.45) is -4.66. The lowest BCUT2D eigenvalue weighted by molar-refractivity contribution is -0.136. The van der Waals surface area contributed by atoms with Crippen LogP contribution in [-0.4, -0.2) is 43.7 Å². The van der Waals surface area contributed by atoms with Crippen LogP contribution in [0.15, 0.2) is 24.3 Å². The molecule has 3 N–H and O–H groups in total. The summed E-state index contributed by atoms with van der Waals surface area (Å²) in [6, 6.07) is 5.78. The number of benzene rings is 1. The molecule has 0 atom stereocenters.